The Morgan fingerprint density at radius 1 is 0.967 bits per heavy atom. The van der Waals surface area contributed by atoms with Crippen molar-refractivity contribution in [2.45, 2.75) is 57.3 Å². The summed E-state index contributed by atoms with van der Waals surface area (Å²) in [5, 5.41) is 3.08. The summed E-state index contributed by atoms with van der Waals surface area (Å²) >= 11 is 0. The van der Waals surface area contributed by atoms with Crippen LogP contribution in [0.5, 0.6) is 0 Å². The number of hydrogen-bond acceptors (Lipinski definition) is 4. The fraction of sp³-hybridized carbons (Fsp3) is 0.458. The van der Waals surface area contributed by atoms with E-state index in [4.69, 9.17) is 0 Å². The van der Waals surface area contributed by atoms with E-state index in [1.807, 2.05) is 53.6 Å². The molecule has 2 saturated heterocycles. The molecule has 0 bridgehead atoms. The average Bonchev–Trinajstić information content (AvgIpc) is 2.78. The van der Waals surface area contributed by atoms with Crippen LogP contribution in [0.15, 0.2) is 54.9 Å². The Labute approximate surface area is 178 Å². The highest BCUT2D eigenvalue weighted by atomic mass is 16.2. The van der Waals surface area contributed by atoms with Crippen LogP contribution in [0.3, 0.4) is 0 Å². The molecular formula is C24H30N4O2. The minimum absolute atomic E-state index is 0.0153. The second-order valence-corrected chi connectivity index (χ2v) is 8.29. The van der Waals surface area contributed by atoms with Gasteiger partial charge in [-0.15, -0.1) is 0 Å². The third-order valence-electron chi connectivity index (χ3n) is 6.09. The highest BCUT2D eigenvalue weighted by molar-refractivity contribution is 5.90. The molecular weight excluding hydrogens is 376 g/mol. The number of nitrogens with zero attached hydrogens (tertiary/aromatic N) is 3. The maximum absolute atomic E-state index is 13.1. The van der Waals surface area contributed by atoms with E-state index in [2.05, 4.69) is 15.2 Å². The molecule has 1 N–H and O–H groups in total. The van der Waals surface area contributed by atoms with Gasteiger partial charge in [-0.2, -0.15) is 0 Å². The van der Waals surface area contributed by atoms with Crippen LogP contribution in [0.2, 0.25) is 0 Å². The summed E-state index contributed by atoms with van der Waals surface area (Å²) in [6.45, 7) is 2.95. The van der Waals surface area contributed by atoms with E-state index in [-0.39, 0.29) is 17.9 Å². The van der Waals surface area contributed by atoms with Crippen LogP contribution in [0, 0.1) is 0 Å². The number of nitrogens with one attached hydrogen (secondary N) is 1. The number of rotatable bonds is 6. The predicted octanol–water partition coefficient (Wildman–Crippen LogP) is 2.74. The van der Waals surface area contributed by atoms with Gasteiger partial charge in [0.1, 0.15) is 6.04 Å². The first kappa shape index (κ1) is 20.5. The van der Waals surface area contributed by atoms with Crippen molar-refractivity contribution < 1.29 is 9.59 Å². The smallest absolute Gasteiger partial charge is 0.245 e. The Balaban J connectivity index is 1.38. The predicted molar refractivity (Wildman–Crippen MR) is 115 cm³/mol. The summed E-state index contributed by atoms with van der Waals surface area (Å²) in [7, 11) is 0. The first-order valence-electron chi connectivity index (χ1n) is 11.0. The van der Waals surface area contributed by atoms with Gasteiger partial charge in [-0.1, -0.05) is 42.8 Å². The normalized spacial score (nSPS) is 22.7. The third kappa shape index (κ3) is 5.05. The summed E-state index contributed by atoms with van der Waals surface area (Å²) < 4.78 is 0. The second kappa shape index (κ2) is 9.85. The molecule has 30 heavy (non-hydrogen) atoms. The molecule has 0 aliphatic carbocycles. The molecule has 2 amide bonds. The highest BCUT2D eigenvalue weighted by Gasteiger charge is 2.34. The fourth-order valence-corrected chi connectivity index (χ4v) is 4.51. The lowest BCUT2D eigenvalue weighted by atomic mass is 9.98. The van der Waals surface area contributed by atoms with Gasteiger partial charge in [0.05, 0.1) is 6.04 Å². The molecule has 2 aliphatic heterocycles. The molecule has 2 unspecified atom stereocenters. The first-order chi connectivity index (χ1) is 14.7. The van der Waals surface area contributed by atoms with Crippen LogP contribution < -0.4 is 5.32 Å². The zero-order chi connectivity index (χ0) is 20.8. The van der Waals surface area contributed by atoms with Gasteiger partial charge in [0.15, 0.2) is 0 Å². The third-order valence-corrected chi connectivity index (χ3v) is 6.09. The van der Waals surface area contributed by atoms with Gasteiger partial charge in [0, 0.05) is 32.0 Å². The van der Waals surface area contributed by atoms with Gasteiger partial charge in [0.25, 0.3) is 0 Å². The molecule has 2 fully saturated rings. The van der Waals surface area contributed by atoms with Crippen molar-refractivity contribution in [1.29, 1.82) is 0 Å². The molecule has 6 heteroatoms. The molecule has 0 spiro atoms. The topological polar surface area (TPSA) is 65.5 Å². The summed E-state index contributed by atoms with van der Waals surface area (Å²) in [4.78, 5) is 34.4. The van der Waals surface area contributed by atoms with E-state index in [0.29, 0.717) is 19.5 Å². The lowest BCUT2D eigenvalue weighted by Gasteiger charge is -2.37. The van der Waals surface area contributed by atoms with Crippen molar-refractivity contribution in [3.8, 4) is 0 Å². The number of pyridine rings is 1. The summed E-state index contributed by atoms with van der Waals surface area (Å²) in [5.74, 6) is 0.0200. The molecule has 3 heterocycles. The number of piperidine rings is 2. The zero-order valence-corrected chi connectivity index (χ0v) is 17.4. The Morgan fingerprint density at radius 3 is 2.60 bits per heavy atom. The standard InChI is InChI=1S/C24H30N4O2/c29-23(22-12-4-5-14-27(22)18-20-10-6-13-25-16-20)26-21-11-7-15-28(24(21)30)17-19-8-2-1-3-9-19/h1-3,6,8-10,13,16,21-22H,4-5,7,11-12,14-15,17-18H2,(H,26,29). The maximum atomic E-state index is 13.1. The number of benzene rings is 1. The number of amides is 2. The fourth-order valence-electron chi connectivity index (χ4n) is 4.51. The largest absolute Gasteiger partial charge is 0.343 e. The molecule has 0 saturated carbocycles. The van der Waals surface area contributed by atoms with Crippen molar-refractivity contribution in [2.75, 3.05) is 13.1 Å². The Hall–Kier alpha value is -2.73. The quantitative estimate of drug-likeness (QED) is 0.801. The van der Waals surface area contributed by atoms with Crippen LogP contribution in [-0.2, 0) is 22.7 Å². The SMILES string of the molecule is O=C(NC1CCCN(Cc2ccccc2)C1=O)C1CCCCN1Cc1cccnc1. The van der Waals surface area contributed by atoms with Crippen LogP contribution in [0.1, 0.15) is 43.2 Å². The van der Waals surface area contributed by atoms with Gasteiger partial charge in [-0.3, -0.25) is 19.5 Å². The van der Waals surface area contributed by atoms with E-state index in [9.17, 15) is 9.59 Å². The monoisotopic (exact) mass is 406 g/mol. The Bertz CT molecular complexity index is 843. The van der Waals surface area contributed by atoms with E-state index in [1.165, 1.54) is 0 Å². The molecule has 2 aliphatic rings. The highest BCUT2D eigenvalue weighted by Crippen LogP contribution is 2.21. The van der Waals surface area contributed by atoms with Crippen molar-refractivity contribution in [2.24, 2.45) is 0 Å². The molecule has 4 rings (SSSR count). The number of aromatic nitrogens is 1. The van der Waals surface area contributed by atoms with Gasteiger partial charge in [-0.25, -0.2) is 0 Å². The van der Waals surface area contributed by atoms with Crippen LogP contribution in [-0.4, -0.2) is 51.8 Å². The zero-order valence-electron chi connectivity index (χ0n) is 17.4. The van der Waals surface area contributed by atoms with Gasteiger partial charge in [-0.05, 0) is 49.4 Å². The lowest BCUT2D eigenvalue weighted by Crippen LogP contribution is -2.56. The summed E-state index contributed by atoms with van der Waals surface area (Å²) in [5.41, 5.74) is 2.23. The van der Waals surface area contributed by atoms with Gasteiger partial charge in [0.2, 0.25) is 11.8 Å². The van der Waals surface area contributed by atoms with E-state index < -0.39 is 6.04 Å². The number of hydrogen-bond donors (Lipinski definition) is 1. The van der Waals surface area contributed by atoms with Gasteiger partial charge < -0.3 is 10.2 Å². The number of carbonyl (C=O) groups excluding carboxylic acids is 2. The molecule has 1 aromatic carbocycles. The lowest BCUT2D eigenvalue weighted by molar-refractivity contribution is -0.141. The molecule has 2 aromatic rings. The first-order valence-corrected chi connectivity index (χ1v) is 11.0. The molecule has 1 aromatic heterocycles. The van der Waals surface area contributed by atoms with Crippen molar-refractivity contribution >= 4 is 11.8 Å². The van der Waals surface area contributed by atoms with Crippen molar-refractivity contribution in [3.05, 3.63) is 66.0 Å². The molecule has 6 nitrogen and oxygen atoms in total. The maximum Gasteiger partial charge on any atom is 0.245 e. The Morgan fingerprint density at radius 2 is 1.80 bits per heavy atom. The van der Waals surface area contributed by atoms with Gasteiger partial charge >= 0.3 is 0 Å². The van der Waals surface area contributed by atoms with E-state index in [1.54, 1.807) is 6.20 Å². The minimum Gasteiger partial charge on any atom is -0.343 e. The second-order valence-electron chi connectivity index (χ2n) is 8.29. The van der Waals surface area contributed by atoms with Crippen LogP contribution in [0.25, 0.3) is 0 Å². The molecule has 0 radical (unpaired) electrons. The van der Waals surface area contributed by atoms with E-state index >= 15 is 0 Å². The summed E-state index contributed by atoms with van der Waals surface area (Å²) in [6, 6.07) is 13.4. The van der Waals surface area contributed by atoms with Crippen molar-refractivity contribution in [1.82, 2.24) is 20.1 Å². The summed E-state index contributed by atoms with van der Waals surface area (Å²) in [6.07, 6.45) is 8.21. The van der Waals surface area contributed by atoms with Crippen LogP contribution in [0.4, 0.5) is 0 Å². The van der Waals surface area contributed by atoms with Crippen LogP contribution >= 0.6 is 0 Å². The minimum atomic E-state index is -0.419. The Kier molecular flexibility index (Phi) is 6.74. The van der Waals surface area contributed by atoms with Crippen molar-refractivity contribution in [3.63, 3.8) is 0 Å². The molecule has 2 atom stereocenters. The number of carbonyl (C=O) groups is 2. The molecule has 158 valence electrons. The average molecular weight is 407 g/mol. The number of likely N-dealkylation sites (tertiary alicyclic amines) is 2. The van der Waals surface area contributed by atoms with E-state index in [0.717, 1.165) is 49.9 Å².